The summed E-state index contributed by atoms with van der Waals surface area (Å²) in [5, 5.41) is 0.787. The monoisotopic (exact) mass is 303 g/mol. The van der Waals surface area contributed by atoms with Gasteiger partial charge in [-0.25, -0.2) is 0 Å². The molecule has 0 fully saturated rings. The van der Waals surface area contributed by atoms with Crippen molar-refractivity contribution in [1.29, 1.82) is 0 Å². The fraction of sp³-hybridized carbons (Fsp3) is 0.353. The molecule has 2 N–H and O–H groups in total. The highest BCUT2D eigenvalue weighted by molar-refractivity contribution is 6.31. The van der Waals surface area contributed by atoms with Gasteiger partial charge in [-0.3, -0.25) is 4.98 Å². The quantitative estimate of drug-likeness (QED) is 0.885. The predicted molar refractivity (Wildman–Crippen MR) is 89.8 cm³/mol. The van der Waals surface area contributed by atoms with E-state index in [-0.39, 0.29) is 6.04 Å². The van der Waals surface area contributed by atoms with Crippen molar-refractivity contribution in [2.24, 2.45) is 5.73 Å². The molecule has 0 aliphatic heterocycles. The Labute approximate surface area is 131 Å². The lowest BCUT2D eigenvalue weighted by Crippen LogP contribution is -2.24. The minimum absolute atomic E-state index is 0.135. The third-order valence-corrected chi connectivity index (χ3v) is 3.99. The van der Waals surface area contributed by atoms with Gasteiger partial charge in [0.1, 0.15) is 0 Å². The van der Waals surface area contributed by atoms with Gasteiger partial charge in [0, 0.05) is 42.7 Å². The van der Waals surface area contributed by atoms with Crippen LogP contribution in [0.2, 0.25) is 5.02 Å². The first-order valence-corrected chi connectivity index (χ1v) is 7.62. The summed E-state index contributed by atoms with van der Waals surface area (Å²) in [6.45, 7) is 2.89. The number of nitrogens with zero attached hydrogens (tertiary/aromatic N) is 2. The molecule has 0 aliphatic rings. The second-order valence-electron chi connectivity index (χ2n) is 5.33. The molecule has 0 amide bonds. The molecule has 2 rings (SSSR count). The third-order valence-electron chi connectivity index (χ3n) is 3.64. The van der Waals surface area contributed by atoms with Crippen molar-refractivity contribution in [2.45, 2.75) is 32.4 Å². The number of halogens is 1. The van der Waals surface area contributed by atoms with Crippen molar-refractivity contribution in [3.8, 4) is 0 Å². The second-order valence-corrected chi connectivity index (χ2v) is 5.73. The Morgan fingerprint density at radius 2 is 2.10 bits per heavy atom. The van der Waals surface area contributed by atoms with E-state index in [1.165, 1.54) is 5.56 Å². The maximum atomic E-state index is 6.38. The standard InChI is InChI=1S/C17H22ClN3/c1-3-14(19)10-15-16(18)7-4-8-17(15)21(2)12-13-6-5-9-20-11-13/h4-9,11,14H,3,10,12,19H2,1-2H3. The molecule has 0 saturated carbocycles. The number of rotatable bonds is 6. The zero-order valence-electron chi connectivity index (χ0n) is 12.6. The summed E-state index contributed by atoms with van der Waals surface area (Å²) in [5.74, 6) is 0. The SMILES string of the molecule is CCC(N)Cc1c(Cl)cccc1N(C)Cc1cccnc1. The van der Waals surface area contributed by atoms with Crippen molar-refractivity contribution in [1.82, 2.24) is 4.98 Å². The topological polar surface area (TPSA) is 42.1 Å². The molecule has 1 atom stereocenters. The van der Waals surface area contributed by atoms with E-state index in [4.69, 9.17) is 17.3 Å². The maximum absolute atomic E-state index is 6.38. The van der Waals surface area contributed by atoms with Crippen molar-refractivity contribution in [3.63, 3.8) is 0 Å². The molecule has 1 aromatic carbocycles. The highest BCUT2D eigenvalue weighted by Gasteiger charge is 2.14. The molecule has 0 saturated heterocycles. The Hall–Kier alpha value is -1.58. The Balaban J connectivity index is 2.24. The summed E-state index contributed by atoms with van der Waals surface area (Å²) in [4.78, 5) is 6.36. The average Bonchev–Trinajstić information content (AvgIpc) is 2.50. The molecule has 0 spiro atoms. The van der Waals surface area contributed by atoms with E-state index in [2.05, 4.69) is 36.0 Å². The third kappa shape index (κ3) is 4.19. The van der Waals surface area contributed by atoms with Crippen LogP contribution in [0.15, 0.2) is 42.7 Å². The maximum Gasteiger partial charge on any atom is 0.0459 e. The minimum Gasteiger partial charge on any atom is -0.370 e. The summed E-state index contributed by atoms with van der Waals surface area (Å²) in [6.07, 6.45) is 5.41. The summed E-state index contributed by atoms with van der Waals surface area (Å²) in [7, 11) is 2.07. The van der Waals surface area contributed by atoms with Gasteiger partial charge < -0.3 is 10.6 Å². The van der Waals surface area contributed by atoms with E-state index in [0.717, 1.165) is 35.7 Å². The van der Waals surface area contributed by atoms with Gasteiger partial charge in [0.15, 0.2) is 0 Å². The fourth-order valence-corrected chi connectivity index (χ4v) is 2.61. The highest BCUT2D eigenvalue weighted by atomic mass is 35.5. The molecule has 1 heterocycles. The second kappa shape index (κ2) is 7.43. The zero-order chi connectivity index (χ0) is 15.2. The van der Waals surface area contributed by atoms with Crippen LogP contribution in [0.25, 0.3) is 0 Å². The van der Waals surface area contributed by atoms with E-state index >= 15 is 0 Å². The number of anilines is 1. The number of benzene rings is 1. The number of hydrogen-bond donors (Lipinski definition) is 1. The Morgan fingerprint density at radius 1 is 1.29 bits per heavy atom. The molecular formula is C17H22ClN3. The van der Waals surface area contributed by atoms with Crippen LogP contribution in [0.4, 0.5) is 5.69 Å². The van der Waals surface area contributed by atoms with Gasteiger partial charge in [-0.15, -0.1) is 0 Å². The molecule has 1 unspecified atom stereocenters. The van der Waals surface area contributed by atoms with E-state index < -0.39 is 0 Å². The van der Waals surface area contributed by atoms with E-state index in [9.17, 15) is 0 Å². The fourth-order valence-electron chi connectivity index (χ4n) is 2.36. The van der Waals surface area contributed by atoms with Crippen molar-refractivity contribution >= 4 is 17.3 Å². The van der Waals surface area contributed by atoms with Crippen LogP contribution in [0.5, 0.6) is 0 Å². The van der Waals surface area contributed by atoms with Crippen LogP contribution >= 0.6 is 11.6 Å². The van der Waals surface area contributed by atoms with Gasteiger partial charge in [0.25, 0.3) is 0 Å². The average molecular weight is 304 g/mol. The molecule has 4 heteroatoms. The largest absolute Gasteiger partial charge is 0.370 e. The van der Waals surface area contributed by atoms with Gasteiger partial charge in [-0.05, 0) is 42.2 Å². The van der Waals surface area contributed by atoms with Crippen LogP contribution < -0.4 is 10.6 Å². The normalized spacial score (nSPS) is 12.2. The number of nitrogens with two attached hydrogens (primary N) is 1. The van der Waals surface area contributed by atoms with Gasteiger partial charge in [-0.2, -0.15) is 0 Å². The summed E-state index contributed by atoms with van der Waals surface area (Å²) < 4.78 is 0. The number of hydrogen-bond acceptors (Lipinski definition) is 3. The van der Waals surface area contributed by atoms with E-state index in [0.29, 0.717) is 0 Å². The van der Waals surface area contributed by atoms with Crippen molar-refractivity contribution in [3.05, 3.63) is 58.9 Å². The van der Waals surface area contributed by atoms with Gasteiger partial charge in [-0.1, -0.05) is 30.7 Å². The Bertz CT molecular complexity index is 572. The number of aromatic nitrogens is 1. The summed E-state index contributed by atoms with van der Waals surface area (Å²) in [5.41, 5.74) is 9.54. The molecule has 0 bridgehead atoms. The first kappa shape index (κ1) is 15.8. The van der Waals surface area contributed by atoms with E-state index in [1.807, 2.05) is 24.4 Å². The van der Waals surface area contributed by atoms with Crippen LogP contribution in [0.1, 0.15) is 24.5 Å². The lowest BCUT2D eigenvalue weighted by atomic mass is 10.0. The lowest BCUT2D eigenvalue weighted by Gasteiger charge is -2.24. The predicted octanol–water partition coefficient (Wildman–Crippen LogP) is 3.65. The smallest absolute Gasteiger partial charge is 0.0459 e. The molecule has 1 aromatic heterocycles. The van der Waals surface area contributed by atoms with Crippen LogP contribution in [-0.2, 0) is 13.0 Å². The molecule has 112 valence electrons. The van der Waals surface area contributed by atoms with Gasteiger partial charge in [0.2, 0.25) is 0 Å². The minimum atomic E-state index is 0.135. The first-order chi connectivity index (χ1) is 10.1. The Kier molecular flexibility index (Phi) is 5.59. The summed E-state index contributed by atoms with van der Waals surface area (Å²) >= 11 is 6.38. The molecular weight excluding hydrogens is 282 g/mol. The zero-order valence-corrected chi connectivity index (χ0v) is 13.3. The number of pyridine rings is 1. The highest BCUT2D eigenvalue weighted by Crippen LogP contribution is 2.29. The van der Waals surface area contributed by atoms with E-state index in [1.54, 1.807) is 6.20 Å². The molecule has 3 nitrogen and oxygen atoms in total. The molecule has 2 aromatic rings. The van der Waals surface area contributed by atoms with Crippen LogP contribution in [-0.4, -0.2) is 18.1 Å². The Morgan fingerprint density at radius 3 is 2.76 bits per heavy atom. The first-order valence-electron chi connectivity index (χ1n) is 7.24. The van der Waals surface area contributed by atoms with Crippen molar-refractivity contribution in [2.75, 3.05) is 11.9 Å². The molecule has 0 radical (unpaired) electrons. The van der Waals surface area contributed by atoms with Gasteiger partial charge in [0.05, 0.1) is 0 Å². The molecule has 21 heavy (non-hydrogen) atoms. The molecule has 0 aliphatic carbocycles. The van der Waals surface area contributed by atoms with Crippen LogP contribution in [0, 0.1) is 0 Å². The van der Waals surface area contributed by atoms with Crippen LogP contribution in [0.3, 0.4) is 0 Å². The van der Waals surface area contributed by atoms with Crippen molar-refractivity contribution < 1.29 is 0 Å². The van der Waals surface area contributed by atoms with Gasteiger partial charge >= 0.3 is 0 Å². The summed E-state index contributed by atoms with van der Waals surface area (Å²) in [6, 6.07) is 10.2. The lowest BCUT2D eigenvalue weighted by molar-refractivity contribution is 0.645.